The van der Waals surface area contributed by atoms with E-state index in [0.29, 0.717) is 16.3 Å². The second kappa shape index (κ2) is 8.79. The number of aromatic nitrogens is 1. The maximum Gasteiger partial charge on any atom is 0.358 e. The van der Waals surface area contributed by atoms with Crippen molar-refractivity contribution in [1.82, 2.24) is 4.98 Å². The third-order valence-electron chi connectivity index (χ3n) is 4.22. The monoisotopic (exact) mass is 408 g/mol. The van der Waals surface area contributed by atoms with Gasteiger partial charge in [-0.3, -0.25) is 9.59 Å². The molecule has 1 atom stereocenters. The van der Waals surface area contributed by atoms with Crippen LogP contribution in [0.3, 0.4) is 0 Å². The first-order valence-electron chi connectivity index (χ1n) is 8.99. The number of esters is 1. The lowest BCUT2D eigenvalue weighted by Crippen LogP contribution is -2.30. The Morgan fingerprint density at radius 2 is 1.69 bits per heavy atom. The highest BCUT2D eigenvalue weighted by Gasteiger charge is 2.21. The average Bonchev–Trinajstić information content (AvgIpc) is 3.19. The fourth-order valence-electron chi connectivity index (χ4n) is 2.50. The molecule has 6 nitrogen and oxygen atoms in total. The van der Waals surface area contributed by atoms with E-state index in [-0.39, 0.29) is 11.5 Å². The standard InChI is InChI=1S/C22H20N2O4S/c1-13-4-6-17(7-5-13)21-24-19(12-29-21)22(27)28-15(3)20(26)23-18-10-8-16(9-11-18)14(2)25/h4-12,15H,1-3H3,(H,23,26)/t15-/m0/s1. The number of ketones is 1. The molecule has 1 heterocycles. The van der Waals surface area contributed by atoms with Crippen molar-refractivity contribution in [1.29, 1.82) is 0 Å². The summed E-state index contributed by atoms with van der Waals surface area (Å²) in [5.41, 5.74) is 3.28. The number of carbonyl (C=O) groups is 3. The van der Waals surface area contributed by atoms with E-state index in [2.05, 4.69) is 10.3 Å². The summed E-state index contributed by atoms with van der Waals surface area (Å²) in [5.74, 6) is -1.18. The van der Waals surface area contributed by atoms with Crippen LogP contribution in [-0.2, 0) is 9.53 Å². The van der Waals surface area contributed by atoms with E-state index in [9.17, 15) is 14.4 Å². The zero-order chi connectivity index (χ0) is 21.0. The molecule has 3 rings (SSSR count). The predicted molar refractivity (Wildman–Crippen MR) is 112 cm³/mol. The number of hydrogen-bond donors (Lipinski definition) is 1. The lowest BCUT2D eigenvalue weighted by Gasteiger charge is -2.13. The molecular weight excluding hydrogens is 388 g/mol. The molecule has 1 amide bonds. The first-order valence-corrected chi connectivity index (χ1v) is 9.87. The van der Waals surface area contributed by atoms with Gasteiger partial charge >= 0.3 is 5.97 Å². The van der Waals surface area contributed by atoms with Gasteiger partial charge in [0.2, 0.25) is 0 Å². The quantitative estimate of drug-likeness (QED) is 0.479. The molecule has 7 heteroatoms. The van der Waals surface area contributed by atoms with Crippen LogP contribution in [0.15, 0.2) is 53.9 Å². The Morgan fingerprint density at radius 1 is 1.03 bits per heavy atom. The third-order valence-corrected chi connectivity index (χ3v) is 5.12. The smallest absolute Gasteiger partial charge is 0.358 e. The van der Waals surface area contributed by atoms with Crippen LogP contribution in [0.25, 0.3) is 10.6 Å². The number of benzene rings is 2. The number of nitrogens with one attached hydrogen (secondary N) is 1. The van der Waals surface area contributed by atoms with E-state index in [4.69, 9.17) is 4.74 Å². The zero-order valence-corrected chi connectivity index (χ0v) is 17.1. The number of anilines is 1. The van der Waals surface area contributed by atoms with Gasteiger partial charge in [-0.1, -0.05) is 29.8 Å². The van der Waals surface area contributed by atoms with E-state index < -0.39 is 18.0 Å². The first-order chi connectivity index (χ1) is 13.8. The Morgan fingerprint density at radius 3 is 2.31 bits per heavy atom. The molecule has 1 aromatic heterocycles. The number of Topliss-reactive ketones (excluding diaryl/α,β-unsaturated/α-hetero) is 1. The first kappa shape index (κ1) is 20.4. The van der Waals surface area contributed by atoms with Crippen molar-refractivity contribution in [2.45, 2.75) is 26.9 Å². The van der Waals surface area contributed by atoms with E-state index in [1.165, 1.54) is 25.2 Å². The van der Waals surface area contributed by atoms with Crippen molar-refractivity contribution < 1.29 is 19.1 Å². The molecule has 0 aliphatic carbocycles. The molecule has 0 spiro atoms. The zero-order valence-electron chi connectivity index (χ0n) is 16.3. The minimum absolute atomic E-state index is 0.0570. The Balaban J connectivity index is 1.60. The minimum atomic E-state index is -1.00. The van der Waals surface area contributed by atoms with E-state index in [0.717, 1.165) is 11.1 Å². The molecular formula is C22H20N2O4S. The molecule has 0 fully saturated rings. The van der Waals surface area contributed by atoms with Crippen LogP contribution in [0.4, 0.5) is 5.69 Å². The van der Waals surface area contributed by atoms with Gasteiger partial charge in [-0.2, -0.15) is 0 Å². The number of carbonyl (C=O) groups excluding carboxylic acids is 3. The maximum atomic E-state index is 12.3. The van der Waals surface area contributed by atoms with Crippen LogP contribution in [-0.4, -0.2) is 28.7 Å². The van der Waals surface area contributed by atoms with E-state index in [1.807, 2.05) is 31.2 Å². The molecule has 1 N–H and O–H groups in total. The molecule has 0 radical (unpaired) electrons. The Hall–Kier alpha value is -3.32. The molecule has 0 saturated carbocycles. The Kier molecular flexibility index (Phi) is 6.19. The van der Waals surface area contributed by atoms with Gasteiger partial charge in [0.05, 0.1) is 0 Å². The summed E-state index contributed by atoms with van der Waals surface area (Å²) in [4.78, 5) is 40.2. The van der Waals surface area contributed by atoms with Crippen LogP contribution in [0.5, 0.6) is 0 Å². The third kappa shape index (κ3) is 5.14. The summed E-state index contributed by atoms with van der Waals surface area (Å²) in [7, 11) is 0. The molecule has 3 aromatic rings. The normalized spacial score (nSPS) is 11.6. The molecule has 2 aromatic carbocycles. The highest BCUT2D eigenvalue weighted by molar-refractivity contribution is 7.13. The summed E-state index contributed by atoms with van der Waals surface area (Å²) in [6, 6.07) is 14.3. The molecule has 148 valence electrons. The number of rotatable bonds is 6. The van der Waals surface area contributed by atoms with Gasteiger partial charge in [0.25, 0.3) is 5.91 Å². The van der Waals surface area contributed by atoms with Crippen LogP contribution < -0.4 is 5.32 Å². The summed E-state index contributed by atoms with van der Waals surface area (Å²) >= 11 is 1.34. The predicted octanol–water partition coefficient (Wildman–Crippen LogP) is 4.51. The topological polar surface area (TPSA) is 85.4 Å². The van der Waals surface area contributed by atoms with Crippen LogP contribution >= 0.6 is 11.3 Å². The number of amides is 1. The number of thiazole rings is 1. The average molecular weight is 408 g/mol. The molecule has 0 saturated heterocycles. The van der Waals surface area contributed by atoms with Gasteiger partial charge < -0.3 is 10.1 Å². The van der Waals surface area contributed by atoms with Gasteiger partial charge in [0.15, 0.2) is 17.6 Å². The van der Waals surface area contributed by atoms with Crippen molar-refractivity contribution in [2.75, 3.05) is 5.32 Å². The summed E-state index contributed by atoms with van der Waals surface area (Å²) < 4.78 is 5.24. The Labute approximate surface area is 172 Å². The largest absolute Gasteiger partial charge is 0.448 e. The number of nitrogens with zero attached hydrogens (tertiary/aromatic N) is 1. The lowest BCUT2D eigenvalue weighted by molar-refractivity contribution is -0.123. The summed E-state index contributed by atoms with van der Waals surface area (Å²) in [6.07, 6.45) is -1.00. The second-order valence-corrected chi connectivity index (χ2v) is 7.43. The fourth-order valence-corrected chi connectivity index (χ4v) is 3.30. The van der Waals surface area contributed by atoms with Gasteiger partial charge in [-0.25, -0.2) is 9.78 Å². The Bertz CT molecular complexity index is 1040. The van der Waals surface area contributed by atoms with Crippen LogP contribution in [0.2, 0.25) is 0 Å². The van der Waals surface area contributed by atoms with E-state index >= 15 is 0 Å². The molecule has 0 unspecified atom stereocenters. The van der Waals surface area contributed by atoms with Gasteiger partial charge in [0.1, 0.15) is 5.01 Å². The fraction of sp³-hybridized carbons (Fsp3) is 0.182. The molecule has 29 heavy (non-hydrogen) atoms. The highest BCUT2D eigenvalue weighted by Crippen LogP contribution is 2.24. The lowest BCUT2D eigenvalue weighted by atomic mass is 10.1. The van der Waals surface area contributed by atoms with Crippen LogP contribution in [0, 0.1) is 6.92 Å². The SMILES string of the molecule is CC(=O)c1ccc(NC(=O)[C@H](C)OC(=O)c2csc(-c3ccc(C)cc3)n2)cc1. The van der Waals surface area contributed by atoms with E-state index in [1.54, 1.807) is 29.6 Å². The summed E-state index contributed by atoms with van der Waals surface area (Å²) in [6.45, 7) is 4.96. The van der Waals surface area contributed by atoms with Crippen molar-refractivity contribution in [3.8, 4) is 10.6 Å². The van der Waals surface area contributed by atoms with Crippen molar-refractivity contribution in [2.24, 2.45) is 0 Å². The minimum Gasteiger partial charge on any atom is -0.448 e. The van der Waals surface area contributed by atoms with Gasteiger partial charge in [-0.05, 0) is 45.0 Å². The van der Waals surface area contributed by atoms with Gasteiger partial charge in [-0.15, -0.1) is 11.3 Å². The van der Waals surface area contributed by atoms with Crippen molar-refractivity contribution >= 4 is 34.7 Å². The number of ether oxygens (including phenoxy) is 1. The molecule has 0 bridgehead atoms. The highest BCUT2D eigenvalue weighted by atomic mass is 32.1. The second-order valence-electron chi connectivity index (χ2n) is 6.57. The van der Waals surface area contributed by atoms with Gasteiger partial charge in [0, 0.05) is 22.2 Å². The van der Waals surface area contributed by atoms with Crippen LogP contribution in [0.1, 0.15) is 40.3 Å². The maximum absolute atomic E-state index is 12.3. The molecule has 0 aliphatic heterocycles. The number of hydrogen-bond acceptors (Lipinski definition) is 6. The number of aryl methyl sites for hydroxylation is 1. The summed E-state index contributed by atoms with van der Waals surface area (Å²) in [5, 5.41) is 4.98. The van der Waals surface area contributed by atoms with Crippen molar-refractivity contribution in [3.63, 3.8) is 0 Å². The molecule has 0 aliphatic rings. The van der Waals surface area contributed by atoms with Crippen molar-refractivity contribution in [3.05, 3.63) is 70.7 Å².